The molecular formula is C26H33N3O5S. The van der Waals surface area contributed by atoms with Gasteiger partial charge in [0, 0.05) is 24.7 Å². The first-order chi connectivity index (χ1) is 16.7. The third-order valence-electron chi connectivity index (χ3n) is 8.96. The number of anilines is 1. The molecular weight excluding hydrogens is 466 g/mol. The Morgan fingerprint density at radius 2 is 1.63 bits per heavy atom. The van der Waals surface area contributed by atoms with Crippen molar-refractivity contribution < 1.29 is 22.7 Å². The van der Waals surface area contributed by atoms with Gasteiger partial charge in [-0.3, -0.25) is 9.59 Å². The highest BCUT2D eigenvalue weighted by atomic mass is 32.2. The van der Waals surface area contributed by atoms with E-state index in [0.717, 1.165) is 19.3 Å². The van der Waals surface area contributed by atoms with E-state index in [1.807, 2.05) is 0 Å². The van der Waals surface area contributed by atoms with Gasteiger partial charge in [0.25, 0.3) is 0 Å². The molecule has 2 saturated heterocycles. The monoisotopic (exact) mass is 499 g/mol. The second kappa shape index (κ2) is 8.42. The standard InChI is InChI=1S/C26H33N3O5S/c1-2-23(30)28-24-10-19-14-29(15-22(19)34-24)35(32,33)21-5-3-20(4-6-21)27-25(31)26-11-16-7-17(12-26)9-18(8-16)13-26/h2-6,16-19,22,24H,1,7-15H2,(H,27,31)(H,28,30). The van der Waals surface area contributed by atoms with Crippen LogP contribution in [0.4, 0.5) is 5.69 Å². The molecule has 2 N–H and O–H groups in total. The van der Waals surface area contributed by atoms with E-state index in [1.165, 1.54) is 29.6 Å². The lowest BCUT2D eigenvalue weighted by Crippen LogP contribution is -2.51. The molecule has 4 bridgehead atoms. The van der Waals surface area contributed by atoms with Gasteiger partial charge in [-0.05, 0) is 93.0 Å². The molecule has 35 heavy (non-hydrogen) atoms. The van der Waals surface area contributed by atoms with Gasteiger partial charge in [0.15, 0.2) is 0 Å². The fourth-order valence-electron chi connectivity index (χ4n) is 7.74. The molecule has 1 aromatic rings. The van der Waals surface area contributed by atoms with Crippen LogP contribution in [0.5, 0.6) is 0 Å². The number of nitrogens with one attached hydrogen (secondary N) is 2. The molecule has 1 aromatic carbocycles. The Kier molecular flexibility index (Phi) is 5.58. The zero-order chi connectivity index (χ0) is 24.4. The third-order valence-corrected chi connectivity index (χ3v) is 10.8. The van der Waals surface area contributed by atoms with Crippen molar-refractivity contribution in [3.8, 4) is 0 Å². The number of carbonyl (C=O) groups excluding carboxylic acids is 2. The highest BCUT2D eigenvalue weighted by molar-refractivity contribution is 7.89. The van der Waals surface area contributed by atoms with Gasteiger partial charge in [-0.1, -0.05) is 6.58 Å². The minimum atomic E-state index is -3.67. The fraction of sp³-hybridized carbons (Fsp3) is 0.615. The van der Waals surface area contributed by atoms with E-state index in [2.05, 4.69) is 17.2 Å². The molecule has 7 rings (SSSR count). The van der Waals surface area contributed by atoms with Gasteiger partial charge >= 0.3 is 0 Å². The smallest absolute Gasteiger partial charge is 0.245 e. The van der Waals surface area contributed by atoms with Crippen LogP contribution in [0.15, 0.2) is 41.8 Å². The number of sulfonamides is 1. The average molecular weight is 500 g/mol. The highest BCUT2D eigenvalue weighted by Gasteiger charge is 2.54. The summed E-state index contributed by atoms with van der Waals surface area (Å²) in [6, 6.07) is 6.54. The summed E-state index contributed by atoms with van der Waals surface area (Å²) in [6.45, 7) is 4.06. The number of benzene rings is 1. The maximum absolute atomic E-state index is 13.3. The lowest BCUT2D eigenvalue weighted by Gasteiger charge is -2.55. The van der Waals surface area contributed by atoms with E-state index in [0.29, 0.717) is 36.4 Å². The van der Waals surface area contributed by atoms with Crippen LogP contribution < -0.4 is 10.6 Å². The highest BCUT2D eigenvalue weighted by Crippen LogP contribution is 2.60. The lowest BCUT2D eigenvalue weighted by molar-refractivity contribution is -0.140. The molecule has 2 heterocycles. The fourth-order valence-corrected chi connectivity index (χ4v) is 9.25. The average Bonchev–Trinajstić information content (AvgIpc) is 3.38. The van der Waals surface area contributed by atoms with Crippen molar-refractivity contribution in [1.82, 2.24) is 9.62 Å². The van der Waals surface area contributed by atoms with Crippen LogP contribution in [-0.4, -0.2) is 50.0 Å². The maximum Gasteiger partial charge on any atom is 0.245 e. The second-order valence-corrected chi connectivity index (χ2v) is 13.3. The second-order valence-electron chi connectivity index (χ2n) is 11.4. The molecule has 0 radical (unpaired) electrons. The lowest BCUT2D eigenvalue weighted by atomic mass is 9.49. The van der Waals surface area contributed by atoms with Crippen molar-refractivity contribution in [3.63, 3.8) is 0 Å². The predicted octanol–water partition coefficient (Wildman–Crippen LogP) is 2.88. The van der Waals surface area contributed by atoms with Crippen LogP contribution in [-0.2, 0) is 24.3 Å². The minimum absolute atomic E-state index is 0.0405. The molecule has 0 aromatic heterocycles. The van der Waals surface area contributed by atoms with Crippen molar-refractivity contribution in [1.29, 1.82) is 0 Å². The molecule has 9 heteroatoms. The minimum Gasteiger partial charge on any atom is -0.354 e. The molecule has 4 aliphatic carbocycles. The Morgan fingerprint density at radius 3 is 2.20 bits per heavy atom. The van der Waals surface area contributed by atoms with Crippen LogP contribution in [0.25, 0.3) is 0 Å². The summed E-state index contributed by atoms with van der Waals surface area (Å²) < 4.78 is 33.8. The topological polar surface area (TPSA) is 105 Å². The van der Waals surface area contributed by atoms with Crippen molar-refractivity contribution >= 4 is 27.5 Å². The first-order valence-electron chi connectivity index (χ1n) is 12.7. The third kappa shape index (κ3) is 4.11. The number of carbonyl (C=O) groups is 2. The molecule has 2 aliphatic heterocycles. The number of hydrogen-bond acceptors (Lipinski definition) is 5. The number of amides is 2. The molecule has 0 spiro atoms. The Hall–Kier alpha value is -2.23. The summed E-state index contributed by atoms with van der Waals surface area (Å²) in [5.74, 6) is 1.93. The Morgan fingerprint density at radius 1 is 1.00 bits per heavy atom. The molecule has 6 fully saturated rings. The summed E-state index contributed by atoms with van der Waals surface area (Å²) in [5.41, 5.74) is 0.405. The molecule has 188 valence electrons. The number of nitrogens with zero attached hydrogens (tertiary/aromatic N) is 1. The quantitative estimate of drug-likeness (QED) is 0.586. The molecule has 6 aliphatic rings. The number of ether oxygens (including phenoxy) is 1. The van der Waals surface area contributed by atoms with Crippen molar-refractivity contribution in [2.75, 3.05) is 18.4 Å². The van der Waals surface area contributed by atoms with Crippen molar-refractivity contribution in [2.24, 2.45) is 29.1 Å². The van der Waals surface area contributed by atoms with Crippen LogP contribution in [0, 0.1) is 29.1 Å². The summed E-state index contributed by atoms with van der Waals surface area (Å²) in [4.78, 5) is 25.0. The molecule has 2 amide bonds. The summed E-state index contributed by atoms with van der Waals surface area (Å²) >= 11 is 0. The van der Waals surface area contributed by atoms with Gasteiger partial charge in [0.1, 0.15) is 6.23 Å². The van der Waals surface area contributed by atoms with Crippen molar-refractivity contribution in [2.45, 2.75) is 62.2 Å². The SMILES string of the molecule is C=CC(=O)NC1CC2CN(S(=O)(=O)c3ccc(NC(=O)C45CC6CC(CC(C6)C4)C5)cc3)CC2O1. The van der Waals surface area contributed by atoms with Crippen molar-refractivity contribution in [3.05, 3.63) is 36.9 Å². The maximum atomic E-state index is 13.3. The first kappa shape index (κ1) is 23.2. The molecule has 3 unspecified atom stereocenters. The van der Waals surface area contributed by atoms with E-state index < -0.39 is 16.3 Å². The summed E-state index contributed by atoms with van der Waals surface area (Å²) in [6.07, 6.45) is 7.97. The van der Waals surface area contributed by atoms with Gasteiger partial charge in [0.2, 0.25) is 21.8 Å². The Balaban J connectivity index is 1.09. The molecule has 4 saturated carbocycles. The zero-order valence-electron chi connectivity index (χ0n) is 19.8. The predicted molar refractivity (Wildman–Crippen MR) is 130 cm³/mol. The van der Waals surface area contributed by atoms with Gasteiger partial charge in [-0.15, -0.1) is 0 Å². The largest absolute Gasteiger partial charge is 0.354 e. The number of hydrogen-bond donors (Lipinski definition) is 2. The summed E-state index contributed by atoms with van der Waals surface area (Å²) in [5, 5.41) is 5.82. The first-order valence-corrected chi connectivity index (χ1v) is 14.2. The van der Waals surface area contributed by atoms with Gasteiger partial charge in [0.05, 0.1) is 16.4 Å². The van der Waals surface area contributed by atoms with Gasteiger partial charge in [-0.25, -0.2) is 8.42 Å². The normalized spacial score (nSPS) is 37.7. The van der Waals surface area contributed by atoms with E-state index >= 15 is 0 Å². The van der Waals surface area contributed by atoms with Crippen LogP contribution in [0.3, 0.4) is 0 Å². The molecule has 3 atom stereocenters. The van der Waals surface area contributed by atoms with E-state index in [1.54, 1.807) is 24.3 Å². The Bertz CT molecular complexity index is 1100. The van der Waals surface area contributed by atoms with E-state index in [9.17, 15) is 18.0 Å². The van der Waals surface area contributed by atoms with E-state index in [-0.39, 0.29) is 40.7 Å². The van der Waals surface area contributed by atoms with Crippen LogP contribution in [0.1, 0.15) is 44.9 Å². The van der Waals surface area contributed by atoms with Gasteiger partial charge in [-0.2, -0.15) is 4.31 Å². The van der Waals surface area contributed by atoms with Crippen LogP contribution >= 0.6 is 0 Å². The van der Waals surface area contributed by atoms with Crippen LogP contribution in [0.2, 0.25) is 0 Å². The number of rotatable bonds is 6. The van der Waals surface area contributed by atoms with Gasteiger partial charge < -0.3 is 15.4 Å². The Labute approximate surface area is 206 Å². The van der Waals surface area contributed by atoms with E-state index in [4.69, 9.17) is 4.74 Å². The molecule has 8 nitrogen and oxygen atoms in total. The summed E-state index contributed by atoms with van der Waals surface area (Å²) in [7, 11) is -3.67. The number of fused-ring (bicyclic) bond motifs is 1. The zero-order valence-corrected chi connectivity index (χ0v) is 20.6.